The second kappa shape index (κ2) is 8.62. The molecule has 0 radical (unpaired) electrons. The molecule has 4 aliphatic carbocycles. The van der Waals surface area contributed by atoms with E-state index in [4.69, 9.17) is 32.7 Å². The number of methoxy groups -OCH3 is 1. The minimum atomic E-state index is 0.211. The molecule has 4 saturated carbocycles. The average molecular weight is 553 g/mol. The van der Waals surface area contributed by atoms with E-state index in [0.29, 0.717) is 27.5 Å². The Balaban J connectivity index is 1.39. The number of hydrogen-bond donors (Lipinski definition) is 1. The molecule has 4 bridgehead atoms. The zero-order valence-corrected chi connectivity index (χ0v) is 22.7. The summed E-state index contributed by atoms with van der Waals surface area (Å²) in [6, 6.07) is 9.47. The van der Waals surface area contributed by atoms with Crippen LogP contribution in [0.3, 0.4) is 0 Å². The molecule has 0 saturated heterocycles. The third-order valence-electron chi connectivity index (χ3n) is 8.04. The SMILES string of the molecule is COc1ccc(Br)c(CNC23CC4CC(C)(CC(C)(C4)C2)C3)c1OCc1ccc(Cl)cc1Cl. The number of benzene rings is 2. The molecule has 6 rings (SSSR count). The molecule has 0 aliphatic heterocycles. The van der Waals surface area contributed by atoms with Crippen molar-refractivity contribution in [2.45, 2.75) is 71.1 Å². The van der Waals surface area contributed by atoms with Crippen LogP contribution in [0.2, 0.25) is 10.0 Å². The van der Waals surface area contributed by atoms with Crippen molar-refractivity contribution < 1.29 is 9.47 Å². The van der Waals surface area contributed by atoms with E-state index in [1.165, 1.54) is 38.5 Å². The number of hydrogen-bond acceptors (Lipinski definition) is 3. The summed E-state index contributed by atoms with van der Waals surface area (Å²) in [6.07, 6.45) is 7.99. The average Bonchev–Trinajstić information content (AvgIpc) is 2.70. The van der Waals surface area contributed by atoms with Crippen LogP contribution in [0.5, 0.6) is 11.5 Å². The molecule has 0 amide bonds. The van der Waals surface area contributed by atoms with Crippen LogP contribution in [0.15, 0.2) is 34.8 Å². The Hall–Kier alpha value is -0.940. The van der Waals surface area contributed by atoms with Crippen molar-refractivity contribution in [1.82, 2.24) is 5.32 Å². The molecule has 4 aliphatic rings. The van der Waals surface area contributed by atoms with Gasteiger partial charge in [-0.1, -0.05) is 59.0 Å². The summed E-state index contributed by atoms with van der Waals surface area (Å²) in [6.45, 7) is 6.11. The van der Waals surface area contributed by atoms with Crippen molar-refractivity contribution in [2.24, 2.45) is 16.7 Å². The molecule has 33 heavy (non-hydrogen) atoms. The Morgan fingerprint density at radius 2 is 1.76 bits per heavy atom. The normalized spacial score (nSPS) is 32.2. The van der Waals surface area contributed by atoms with Gasteiger partial charge in [0.15, 0.2) is 11.5 Å². The summed E-state index contributed by atoms with van der Waals surface area (Å²) >= 11 is 16.2. The smallest absolute Gasteiger partial charge is 0.167 e. The molecule has 0 aromatic heterocycles. The van der Waals surface area contributed by atoms with Crippen molar-refractivity contribution >= 4 is 39.1 Å². The van der Waals surface area contributed by atoms with E-state index in [9.17, 15) is 0 Å². The van der Waals surface area contributed by atoms with Crippen LogP contribution in [0.1, 0.15) is 63.5 Å². The van der Waals surface area contributed by atoms with Gasteiger partial charge < -0.3 is 14.8 Å². The van der Waals surface area contributed by atoms with Gasteiger partial charge in [0.25, 0.3) is 0 Å². The Labute approximate surface area is 215 Å². The predicted molar refractivity (Wildman–Crippen MR) is 138 cm³/mol. The number of nitrogens with one attached hydrogen (secondary N) is 1. The first-order valence-electron chi connectivity index (χ1n) is 11.8. The topological polar surface area (TPSA) is 30.5 Å². The minimum Gasteiger partial charge on any atom is -0.493 e. The third kappa shape index (κ3) is 4.66. The maximum atomic E-state index is 6.39. The largest absolute Gasteiger partial charge is 0.493 e. The van der Waals surface area contributed by atoms with E-state index in [0.717, 1.165) is 39.6 Å². The van der Waals surface area contributed by atoms with E-state index < -0.39 is 0 Å². The van der Waals surface area contributed by atoms with Crippen LogP contribution in [0.25, 0.3) is 0 Å². The van der Waals surface area contributed by atoms with E-state index in [1.807, 2.05) is 24.3 Å². The monoisotopic (exact) mass is 551 g/mol. The summed E-state index contributed by atoms with van der Waals surface area (Å²) < 4.78 is 13.0. The Morgan fingerprint density at radius 3 is 2.39 bits per heavy atom. The second-order valence-electron chi connectivity index (χ2n) is 11.3. The molecule has 1 N–H and O–H groups in total. The molecule has 0 heterocycles. The van der Waals surface area contributed by atoms with Crippen molar-refractivity contribution in [1.29, 1.82) is 0 Å². The van der Waals surface area contributed by atoms with Crippen LogP contribution in [0.4, 0.5) is 0 Å². The van der Waals surface area contributed by atoms with E-state index in [2.05, 4.69) is 35.1 Å². The van der Waals surface area contributed by atoms with Crippen LogP contribution < -0.4 is 14.8 Å². The molecular formula is C27H32BrCl2NO2. The first-order chi connectivity index (χ1) is 15.6. The minimum absolute atomic E-state index is 0.211. The maximum Gasteiger partial charge on any atom is 0.167 e. The number of ether oxygens (including phenoxy) is 2. The molecule has 0 spiro atoms. The lowest BCUT2D eigenvalue weighted by atomic mass is 9.43. The zero-order chi connectivity index (χ0) is 23.4. The van der Waals surface area contributed by atoms with E-state index >= 15 is 0 Å². The number of halogens is 3. The summed E-state index contributed by atoms with van der Waals surface area (Å²) in [4.78, 5) is 0. The van der Waals surface area contributed by atoms with Gasteiger partial charge in [-0.15, -0.1) is 0 Å². The van der Waals surface area contributed by atoms with Crippen LogP contribution in [-0.2, 0) is 13.2 Å². The predicted octanol–water partition coefficient (Wildman–Crippen LogP) is 8.18. The van der Waals surface area contributed by atoms with Crippen LogP contribution >= 0.6 is 39.1 Å². The van der Waals surface area contributed by atoms with Gasteiger partial charge in [0.1, 0.15) is 6.61 Å². The van der Waals surface area contributed by atoms with Gasteiger partial charge >= 0.3 is 0 Å². The fraction of sp³-hybridized carbons (Fsp3) is 0.556. The Kier molecular flexibility index (Phi) is 6.21. The molecule has 2 aromatic rings. The van der Waals surface area contributed by atoms with Gasteiger partial charge in [0, 0.05) is 37.7 Å². The second-order valence-corrected chi connectivity index (χ2v) is 13.0. The molecule has 178 valence electrons. The summed E-state index contributed by atoms with van der Waals surface area (Å²) in [7, 11) is 1.68. The van der Waals surface area contributed by atoms with E-state index in [1.54, 1.807) is 13.2 Å². The van der Waals surface area contributed by atoms with Crippen LogP contribution in [-0.4, -0.2) is 12.6 Å². The molecule has 4 fully saturated rings. The summed E-state index contributed by atoms with van der Waals surface area (Å²) in [5.74, 6) is 2.33. The van der Waals surface area contributed by atoms with Gasteiger partial charge in [0.05, 0.1) is 7.11 Å². The van der Waals surface area contributed by atoms with Crippen LogP contribution in [0, 0.1) is 16.7 Å². The van der Waals surface area contributed by atoms with Gasteiger partial charge in [-0.3, -0.25) is 0 Å². The highest BCUT2D eigenvalue weighted by molar-refractivity contribution is 9.10. The van der Waals surface area contributed by atoms with Gasteiger partial charge in [-0.05, 0) is 79.5 Å². The van der Waals surface area contributed by atoms with Crippen molar-refractivity contribution in [3.05, 3.63) is 56.0 Å². The lowest BCUT2D eigenvalue weighted by molar-refractivity contribution is -0.118. The lowest BCUT2D eigenvalue weighted by Crippen LogP contribution is -2.63. The van der Waals surface area contributed by atoms with Crippen molar-refractivity contribution in [2.75, 3.05) is 7.11 Å². The summed E-state index contributed by atoms with van der Waals surface area (Å²) in [5, 5.41) is 5.25. The van der Waals surface area contributed by atoms with Gasteiger partial charge in [-0.25, -0.2) is 0 Å². The summed E-state index contributed by atoms with van der Waals surface area (Å²) in [5.41, 5.74) is 3.13. The highest BCUT2D eigenvalue weighted by Crippen LogP contribution is 2.66. The fourth-order valence-electron chi connectivity index (χ4n) is 7.78. The quantitative estimate of drug-likeness (QED) is 0.375. The lowest BCUT2D eigenvalue weighted by Gasteiger charge is -2.65. The fourth-order valence-corrected chi connectivity index (χ4v) is 8.69. The standard InChI is InChI=1S/C27H32BrCl2NO2/c1-25-9-17-10-26(2,14-25)16-27(11-17,15-25)31-12-20-21(28)6-7-23(32-3)24(20)33-13-18-4-5-19(29)8-22(18)30/h4-8,17,31H,9-16H2,1-3H3. The third-order valence-corrected chi connectivity index (χ3v) is 9.37. The first-order valence-corrected chi connectivity index (χ1v) is 13.3. The first kappa shape index (κ1) is 23.8. The molecule has 2 atom stereocenters. The van der Waals surface area contributed by atoms with Gasteiger partial charge in [-0.2, -0.15) is 0 Å². The van der Waals surface area contributed by atoms with Crippen molar-refractivity contribution in [3.8, 4) is 11.5 Å². The Bertz CT molecular complexity index is 1060. The molecular weight excluding hydrogens is 521 g/mol. The van der Waals surface area contributed by atoms with Crippen molar-refractivity contribution in [3.63, 3.8) is 0 Å². The zero-order valence-electron chi connectivity index (χ0n) is 19.6. The van der Waals surface area contributed by atoms with E-state index in [-0.39, 0.29) is 5.54 Å². The molecule has 2 aromatic carbocycles. The van der Waals surface area contributed by atoms with Gasteiger partial charge in [0.2, 0.25) is 0 Å². The Morgan fingerprint density at radius 1 is 1.03 bits per heavy atom. The number of rotatable bonds is 7. The molecule has 6 heteroatoms. The highest BCUT2D eigenvalue weighted by atomic mass is 79.9. The molecule has 2 unspecified atom stereocenters. The highest BCUT2D eigenvalue weighted by Gasteiger charge is 2.59. The maximum absolute atomic E-state index is 6.39. The molecule has 3 nitrogen and oxygen atoms in total.